The molecular formula is C18H22N2OS. The van der Waals surface area contributed by atoms with Gasteiger partial charge in [-0.3, -0.25) is 9.78 Å². The van der Waals surface area contributed by atoms with Crippen LogP contribution in [0.5, 0.6) is 0 Å². The molecule has 1 aromatic carbocycles. The minimum atomic E-state index is -0.141. The molecule has 0 saturated heterocycles. The topological polar surface area (TPSA) is 42.0 Å². The SMILES string of the molecule is CC(C)(C)SCC(=O)NC(c1ccccc1)c1ccncc1. The maximum absolute atomic E-state index is 12.3. The molecule has 22 heavy (non-hydrogen) atoms. The summed E-state index contributed by atoms with van der Waals surface area (Å²) in [5.41, 5.74) is 2.11. The lowest BCUT2D eigenvalue weighted by Crippen LogP contribution is -2.31. The minimum Gasteiger partial charge on any atom is -0.344 e. The predicted molar refractivity (Wildman–Crippen MR) is 92.9 cm³/mol. The number of hydrogen-bond acceptors (Lipinski definition) is 3. The van der Waals surface area contributed by atoms with Crippen LogP contribution in [0.25, 0.3) is 0 Å². The lowest BCUT2D eigenvalue weighted by molar-refractivity contribution is -0.119. The monoisotopic (exact) mass is 314 g/mol. The van der Waals surface area contributed by atoms with E-state index in [4.69, 9.17) is 0 Å². The van der Waals surface area contributed by atoms with Crippen molar-refractivity contribution in [3.05, 3.63) is 66.0 Å². The van der Waals surface area contributed by atoms with Crippen molar-refractivity contribution in [2.45, 2.75) is 31.6 Å². The molecule has 1 heterocycles. The van der Waals surface area contributed by atoms with Gasteiger partial charge in [-0.25, -0.2) is 0 Å². The van der Waals surface area contributed by atoms with Crippen molar-refractivity contribution >= 4 is 17.7 Å². The zero-order chi connectivity index (χ0) is 16.0. The van der Waals surface area contributed by atoms with Crippen LogP contribution in [-0.4, -0.2) is 21.4 Å². The Morgan fingerprint density at radius 2 is 1.68 bits per heavy atom. The average molecular weight is 314 g/mol. The minimum absolute atomic E-state index is 0.0468. The van der Waals surface area contributed by atoms with Crippen LogP contribution in [0.1, 0.15) is 37.9 Å². The van der Waals surface area contributed by atoms with E-state index in [9.17, 15) is 4.79 Å². The zero-order valence-corrected chi connectivity index (χ0v) is 14.1. The van der Waals surface area contributed by atoms with Crippen molar-refractivity contribution in [3.63, 3.8) is 0 Å². The smallest absolute Gasteiger partial charge is 0.230 e. The van der Waals surface area contributed by atoms with E-state index in [-0.39, 0.29) is 16.7 Å². The maximum atomic E-state index is 12.3. The van der Waals surface area contributed by atoms with Crippen molar-refractivity contribution in [1.29, 1.82) is 0 Å². The first kappa shape index (κ1) is 16.6. The number of carbonyl (C=O) groups excluding carboxylic acids is 1. The third kappa shape index (κ3) is 5.19. The molecule has 0 saturated carbocycles. The molecule has 2 rings (SSSR count). The van der Waals surface area contributed by atoms with Gasteiger partial charge in [0.1, 0.15) is 0 Å². The van der Waals surface area contributed by atoms with E-state index in [1.165, 1.54) is 0 Å². The molecule has 4 heteroatoms. The lowest BCUT2D eigenvalue weighted by atomic mass is 10.00. The van der Waals surface area contributed by atoms with Crippen LogP contribution < -0.4 is 5.32 Å². The summed E-state index contributed by atoms with van der Waals surface area (Å²) in [5.74, 6) is 0.503. The van der Waals surface area contributed by atoms with E-state index in [1.54, 1.807) is 24.2 Å². The summed E-state index contributed by atoms with van der Waals surface area (Å²) >= 11 is 1.65. The van der Waals surface area contributed by atoms with E-state index in [2.05, 4.69) is 31.1 Å². The van der Waals surface area contributed by atoms with Crippen molar-refractivity contribution < 1.29 is 4.79 Å². The molecule has 116 valence electrons. The summed E-state index contributed by atoms with van der Waals surface area (Å²) in [6.07, 6.45) is 3.50. The Labute approximate surface area is 136 Å². The second-order valence-electron chi connectivity index (χ2n) is 6.09. The molecule has 0 aliphatic rings. The van der Waals surface area contributed by atoms with E-state index >= 15 is 0 Å². The van der Waals surface area contributed by atoms with Gasteiger partial charge in [-0.05, 0) is 23.3 Å². The molecule has 0 radical (unpaired) electrons. The second-order valence-corrected chi connectivity index (χ2v) is 7.89. The Hall–Kier alpha value is -1.81. The van der Waals surface area contributed by atoms with Gasteiger partial charge in [0.05, 0.1) is 11.8 Å². The first-order valence-electron chi connectivity index (χ1n) is 7.34. The van der Waals surface area contributed by atoms with Gasteiger partial charge in [-0.1, -0.05) is 51.1 Å². The summed E-state index contributed by atoms with van der Waals surface area (Å²) in [5, 5.41) is 3.13. The van der Waals surface area contributed by atoms with Crippen LogP contribution in [0.4, 0.5) is 0 Å². The number of rotatable bonds is 5. The second kappa shape index (κ2) is 7.45. The summed E-state index contributed by atoms with van der Waals surface area (Å²) in [4.78, 5) is 16.4. The van der Waals surface area contributed by atoms with E-state index in [1.807, 2.05) is 42.5 Å². The van der Waals surface area contributed by atoms with Gasteiger partial charge >= 0.3 is 0 Å². The first-order valence-corrected chi connectivity index (χ1v) is 8.32. The van der Waals surface area contributed by atoms with Gasteiger partial charge in [0.15, 0.2) is 0 Å². The molecular weight excluding hydrogens is 292 g/mol. The van der Waals surface area contributed by atoms with Crippen LogP contribution >= 0.6 is 11.8 Å². The fourth-order valence-corrected chi connectivity index (χ4v) is 2.69. The summed E-state index contributed by atoms with van der Waals surface area (Å²) in [6.45, 7) is 6.34. The van der Waals surface area contributed by atoms with Gasteiger partial charge < -0.3 is 5.32 Å². The normalized spacial score (nSPS) is 12.7. The molecule has 0 fully saturated rings. The summed E-state index contributed by atoms with van der Waals surface area (Å²) < 4.78 is 0.0796. The molecule has 1 atom stereocenters. The van der Waals surface area contributed by atoms with E-state index in [0.717, 1.165) is 11.1 Å². The number of amides is 1. The number of benzene rings is 1. The van der Waals surface area contributed by atoms with E-state index in [0.29, 0.717) is 5.75 Å². The molecule has 1 aromatic heterocycles. The molecule has 1 N–H and O–H groups in total. The quantitative estimate of drug-likeness (QED) is 0.912. The van der Waals surface area contributed by atoms with Crippen molar-refractivity contribution in [3.8, 4) is 0 Å². The van der Waals surface area contributed by atoms with Crippen LogP contribution in [0, 0.1) is 0 Å². The van der Waals surface area contributed by atoms with E-state index < -0.39 is 0 Å². The fourth-order valence-electron chi connectivity index (χ4n) is 2.05. The van der Waals surface area contributed by atoms with Crippen molar-refractivity contribution in [2.24, 2.45) is 0 Å². The number of pyridine rings is 1. The highest BCUT2D eigenvalue weighted by molar-refractivity contribution is 8.01. The summed E-state index contributed by atoms with van der Waals surface area (Å²) in [6, 6.07) is 13.7. The fraction of sp³-hybridized carbons (Fsp3) is 0.333. The van der Waals surface area contributed by atoms with Crippen molar-refractivity contribution in [1.82, 2.24) is 10.3 Å². The van der Waals surface area contributed by atoms with Crippen molar-refractivity contribution in [2.75, 3.05) is 5.75 Å². The van der Waals surface area contributed by atoms with Gasteiger partial charge in [-0.2, -0.15) is 0 Å². The van der Waals surface area contributed by atoms with Gasteiger partial charge in [0.2, 0.25) is 5.91 Å². The van der Waals surface area contributed by atoms with Crippen LogP contribution in [0.2, 0.25) is 0 Å². The number of aromatic nitrogens is 1. The highest BCUT2D eigenvalue weighted by Crippen LogP contribution is 2.24. The molecule has 0 aliphatic carbocycles. The third-order valence-electron chi connectivity index (χ3n) is 3.11. The third-order valence-corrected chi connectivity index (χ3v) is 4.39. The Morgan fingerprint density at radius 3 is 2.27 bits per heavy atom. The molecule has 0 aliphatic heterocycles. The molecule has 1 amide bonds. The Kier molecular flexibility index (Phi) is 5.61. The number of hydrogen-bond donors (Lipinski definition) is 1. The van der Waals surface area contributed by atoms with Gasteiger partial charge in [-0.15, -0.1) is 11.8 Å². The standard InChI is InChI=1S/C18H22N2OS/c1-18(2,3)22-13-16(21)20-17(14-7-5-4-6-8-14)15-9-11-19-12-10-15/h4-12,17H,13H2,1-3H3,(H,20,21). The Morgan fingerprint density at radius 1 is 1.09 bits per heavy atom. The number of carbonyl (C=O) groups is 1. The van der Waals surface area contributed by atoms with Gasteiger partial charge in [0, 0.05) is 17.1 Å². The highest BCUT2D eigenvalue weighted by Gasteiger charge is 2.18. The number of thioether (sulfide) groups is 1. The molecule has 1 unspecified atom stereocenters. The Balaban J connectivity index is 2.14. The maximum Gasteiger partial charge on any atom is 0.230 e. The highest BCUT2D eigenvalue weighted by atomic mass is 32.2. The van der Waals surface area contributed by atoms with Gasteiger partial charge in [0.25, 0.3) is 0 Å². The predicted octanol–water partition coefficient (Wildman–Crippen LogP) is 3.82. The number of nitrogens with zero attached hydrogens (tertiary/aromatic N) is 1. The zero-order valence-electron chi connectivity index (χ0n) is 13.2. The van der Waals surface area contributed by atoms with Crippen LogP contribution in [0.15, 0.2) is 54.9 Å². The molecule has 2 aromatic rings. The molecule has 0 spiro atoms. The summed E-state index contributed by atoms with van der Waals surface area (Å²) in [7, 11) is 0. The lowest BCUT2D eigenvalue weighted by Gasteiger charge is -2.22. The molecule has 0 bridgehead atoms. The Bertz CT molecular complexity index is 554. The number of nitrogens with one attached hydrogen (secondary N) is 1. The largest absolute Gasteiger partial charge is 0.344 e. The molecule has 3 nitrogen and oxygen atoms in total. The average Bonchev–Trinajstić information content (AvgIpc) is 2.52. The first-order chi connectivity index (χ1) is 10.5. The van der Waals surface area contributed by atoms with Crippen LogP contribution in [-0.2, 0) is 4.79 Å². The van der Waals surface area contributed by atoms with Crippen LogP contribution in [0.3, 0.4) is 0 Å².